The van der Waals surface area contributed by atoms with Crippen molar-refractivity contribution in [2.75, 3.05) is 20.8 Å². The van der Waals surface area contributed by atoms with Crippen LogP contribution in [0, 0.1) is 0 Å². The number of oxazole rings is 1. The van der Waals surface area contributed by atoms with E-state index in [0.717, 1.165) is 30.2 Å². The molecule has 6 nitrogen and oxygen atoms in total. The number of amides is 1. The zero-order valence-electron chi connectivity index (χ0n) is 16.7. The minimum Gasteiger partial charge on any atom is -0.496 e. The van der Waals surface area contributed by atoms with Gasteiger partial charge >= 0.3 is 0 Å². The van der Waals surface area contributed by atoms with E-state index in [4.69, 9.17) is 13.9 Å². The molecule has 0 atom stereocenters. The van der Waals surface area contributed by atoms with Crippen LogP contribution in [0.1, 0.15) is 33.3 Å². The van der Waals surface area contributed by atoms with E-state index in [-0.39, 0.29) is 5.91 Å². The molecule has 0 radical (unpaired) electrons. The van der Waals surface area contributed by atoms with E-state index in [2.05, 4.69) is 17.1 Å². The van der Waals surface area contributed by atoms with E-state index in [1.165, 1.54) is 5.56 Å². The van der Waals surface area contributed by atoms with Crippen molar-refractivity contribution >= 4 is 5.91 Å². The largest absolute Gasteiger partial charge is 0.496 e. The summed E-state index contributed by atoms with van der Waals surface area (Å²) in [6, 6.07) is 15.6. The van der Waals surface area contributed by atoms with Crippen LogP contribution >= 0.6 is 0 Å². The molecule has 2 heterocycles. The fraction of sp³-hybridized carbons (Fsp3) is 0.304. The molecule has 0 fully saturated rings. The highest BCUT2D eigenvalue weighted by Crippen LogP contribution is 2.31. The summed E-state index contributed by atoms with van der Waals surface area (Å²) in [7, 11) is 3.10. The van der Waals surface area contributed by atoms with Crippen LogP contribution < -0.4 is 9.47 Å². The molecule has 1 aromatic heterocycles. The van der Waals surface area contributed by atoms with Gasteiger partial charge in [-0.1, -0.05) is 36.4 Å². The number of carbonyl (C=O) groups excluding carboxylic acids is 1. The average Bonchev–Trinajstić information content (AvgIpc) is 3.19. The predicted octanol–water partition coefficient (Wildman–Crippen LogP) is 3.68. The molecule has 1 amide bonds. The topological polar surface area (TPSA) is 64.8 Å². The van der Waals surface area contributed by atoms with Gasteiger partial charge in [-0.3, -0.25) is 4.79 Å². The normalized spacial score (nSPS) is 13.1. The second-order valence-electron chi connectivity index (χ2n) is 6.98. The Balaban J connectivity index is 1.49. The number of methoxy groups -OCH3 is 2. The number of rotatable bonds is 6. The van der Waals surface area contributed by atoms with Crippen molar-refractivity contribution in [2.24, 2.45) is 0 Å². The average molecular weight is 392 g/mol. The van der Waals surface area contributed by atoms with Crippen LogP contribution in [-0.4, -0.2) is 36.6 Å². The zero-order chi connectivity index (χ0) is 20.2. The molecule has 2 aromatic carbocycles. The van der Waals surface area contributed by atoms with E-state index < -0.39 is 0 Å². The zero-order valence-corrected chi connectivity index (χ0v) is 16.7. The Bertz CT molecular complexity index is 975. The van der Waals surface area contributed by atoms with E-state index in [9.17, 15) is 4.79 Å². The third-order valence-corrected chi connectivity index (χ3v) is 5.17. The number of aromatic nitrogens is 1. The highest BCUT2D eigenvalue weighted by molar-refractivity contribution is 5.99. The number of aryl methyl sites for hydroxylation is 2. The summed E-state index contributed by atoms with van der Waals surface area (Å²) >= 11 is 0. The predicted molar refractivity (Wildman–Crippen MR) is 108 cm³/mol. The monoisotopic (exact) mass is 392 g/mol. The quantitative estimate of drug-likeness (QED) is 0.640. The molecule has 0 spiro atoms. The van der Waals surface area contributed by atoms with E-state index in [1.807, 2.05) is 18.2 Å². The van der Waals surface area contributed by atoms with Crippen molar-refractivity contribution in [3.8, 4) is 11.5 Å². The summed E-state index contributed by atoms with van der Waals surface area (Å²) in [6.45, 7) is 0.991. The van der Waals surface area contributed by atoms with E-state index in [1.54, 1.807) is 37.3 Å². The minimum atomic E-state index is -0.126. The Labute approximate surface area is 170 Å². The van der Waals surface area contributed by atoms with Gasteiger partial charge in [0.25, 0.3) is 5.91 Å². The first kappa shape index (κ1) is 19.1. The fourth-order valence-electron chi connectivity index (χ4n) is 3.65. The second-order valence-corrected chi connectivity index (χ2v) is 6.98. The fourth-order valence-corrected chi connectivity index (χ4v) is 3.65. The van der Waals surface area contributed by atoms with Crippen LogP contribution in [0.5, 0.6) is 11.5 Å². The Morgan fingerprint density at radius 3 is 2.45 bits per heavy atom. The van der Waals surface area contributed by atoms with Gasteiger partial charge in [0, 0.05) is 19.4 Å². The van der Waals surface area contributed by atoms with Crippen molar-refractivity contribution < 1.29 is 18.7 Å². The lowest BCUT2D eigenvalue weighted by Gasteiger charge is -2.26. The molecule has 0 N–H and O–H groups in total. The number of nitrogens with zero attached hydrogens (tertiary/aromatic N) is 2. The van der Waals surface area contributed by atoms with Gasteiger partial charge in [0.15, 0.2) is 5.89 Å². The number of hydrogen-bond donors (Lipinski definition) is 0. The molecule has 29 heavy (non-hydrogen) atoms. The standard InChI is InChI=1S/C23H24N2O4/c1-27-19-9-6-10-20(28-2)22(19)23(26)25-14-13-18-17(15-25)24-21(29-18)12-11-16-7-4-3-5-8-16/h3-10H,11-15H2,1-2H3. The summed E-state index contributed by atoms with van der Waals surface area (Å²) in [4.78, 5) is 19.6. The molecule has 150 valence electrons. The third kappa shape index (κ3) is 3.97. The van der Waals surface area contributed by atoms with Crippen molar-refractivity contribution in [2.45, 2.75) is 25.8 Å². The molecular weight excluding hydrogens is 368 g/mol. The lowest BCUT2D eigenvalue weighted by Crippen LogP contribution is -2.36. The van der Waals surface area contributed by atoms with Crippen molar-refractivity contribution in [1.82, 2.24) is 9.88 Å². The van der Waals surface area contributed by atoms with Gasteiger partial charge in [0.2, 0.25) is 0 Å². The van der Waals surface area contributed by atoms with Gasteiger partial charge in [-0.05, 0) is 24.1 Å². The number of ether oxygens (including phenoxy) is 2. The maximum atomic E-state index is 13.2. The van der Waals surface area contributed by atoms with Crippen LogP contribution in [0.2, 0.25) is 0 Å². The summed E-state index contributed by atoms with van der Waals surface area (Å²) in [5.74, 6) is 2.48. The Hall–Kier alpha value is -3.28. The number of hydrogen-bond acceptors (Lipinski definition) is 5. The van der Waals surface area contributed by atoms with E-state index in [0.29, 0.717) is 36.6 Å². The highest BCUT2D eigenvalue weighted by atomic mass is 16.5. The SMILES string of the molecule is COc1cccc(OC)c1C(=O)N1CCc2oc(CCc3ccccc3)nc2C1. The van der Waals surface area contributed by atoms with Gasteiger partial charge < -0.3 is 18.8 Å². The summed E-state index contributed by atoms with van der Waals surface area (Å²) < 4.78 is 16.7. The lowest BCUT2D eigenvalue weighted by molar-refractivity contribution is 0.0721. The van der Waals surface area contributed by atoms with Gasteiger partial charge in [-0.2, -0.15) is 0 Å². The summed E-state index contributed by atoms with van der Waals surface area (Å²) in [6.07, 6.45) is 2.27. The van der Waals surface area contributed by atoms with E-state index >= 15 is 0 Å². The van der Waals surface area contributed by atoms with Crippen LogP contribution in [0.4, 0.5) is 0 Å². The molecule has 0 saturated heterocycles. The molecule has 1 aliphatic rings. The summed E-state index contributed by atoms with van der Waals surface area (Å²) in [5, 5.41) is 0. The minimum absolute atomic E-state index is 0.126. The number of carbonyl (C=O) groups is 1. The third-order valence-electron chi connectivity index (χ3n) is 5.17. The molecule has 0 bridgehead atoms. The molecule has 6 heteroatoms. The van der Waals surface area contributed by atoms with Crippen LogP contribution in [0.3, 0.4) is 0 Å². The molecule has 3 aromatic rings. The molecular formula is C23H24N2O4. The Morgan fingerprint density at radius 1 is 1.03 bits per heavy atom. The first-order valence-corrected chi connectivity index (χ1v) is 9.71. The smallest absolute Gasteiger partial charge is 0.261 e. The van der Waals surface area contributed by atoms with Crippen LogP contribution in [0.15, 0.2) is 52.9 Å². The Morgan fingerprint density at radius 2 is 1.76 bits per heavy atom. The number of fused-ring (bicyclic) bond motifs is 1. The van der Waals surface area contributed by atoms with Gasteiger partial charge in [0.05, 0.1) is 20.8 Å². The molecule has 1 aliphatic heterocycles. The molecule has 0 aliphatic carbocycles. The summed E-state index contributed by atoms with van der Waals surface area (Å²) in [5.41, 5.74) is 2.53. The van der Waals surface area contributed by atoms with Crippen molar-refractivity contribution in [3.05, 3.63) is 77.0 Å². The van der Waals surface area contributed by atoms with Gasteiger partial charge in [0.1, 0.15) is 28.5 Å². The Kier molecular flexibility index (Phi) is 5.51. The molecule has 4 rings (SSSR count). The van der Waals surface area contributed by atoms with Crippen molar-refractivity contribution in [3.63, 3.8) is 0 Å². The van der Waals surface area contributed by atoms with Gasteiger partial charge in [-0.15, -0.1) is 0 Å². The second kappa shape index (κ2) is 8.39. The van der Waals surface area contributed by atoms with Crippen molar-refractivity contribution in [1.29, 1.82) is 0 Å². The first-order chi connectivity index (χ1) is 14.2. The van der Waals surface area contributed by atoms with Crippen LogP contribution in [0.25, 0.3) is 0 Å². The van der Waals surface area contributed by atoms with Gasteiger partial charge in [-0.25, -0.2) is 4.98 Å². The maximum Gasteiger partial charge on any atom is 0.261 e. The lowest BCUT2D eigenvalue weighted by atomic mass is 10.1. The molecule has 0 unspecified atom stereocenters. The highest BCUT2D eigenvalue weighted by Gasteiger charge is 2.29. The number of benzene rings is 2. The first-order valence-electron chi connectivity index (χ1n) is 9.71. The maximum absolute atomic E-state index is 13.2. The molecule has 0 saturated carbocycles. The van der Waals surface area contributed by atoms with Crippen LogP contribution in [-0.2, 0) is 25.8 Å².